The SMILES string of the molecule is CC1(C)CC(=O)c2cc(NC(=O)c3c(F)cccc3Cl)ccc2O1. The number of ketones is 1. The van der Waals surface area contributed by atoms with Gasteiger partial charge in [0.2, 0.25) is 0 Å². The highest BCUT2D eigenvalue weighted by Gasteiger charge is 2.32. The molecule has 4 nitrogen and oxygen atoms in total. The number of ether oxygens (including phenoxy) is 1. The Bertz CT molecular complexity index is 828. The van der Waals surface area contributed by atoms with Gasteiger partial charge in [-0.05, 0) is 44.2 Å². The number of hydrogen-bond acceptors (Lipinski definition) is 3. The van der Waals surface area contributed by atoms with Crippen LogP contribution >= 0.6 is 11.6 Å². The van der Waals surface area contributed by atoms with Crippen LogP contribution < -0.4 is 10.1 Å². The summed E-state index contributed by atoms with van der Waals surface area (Å²) >= 11 is 5.89. The van der Waals surface area contributed by atoms with Crippen LogP contribution in [0.25, 0.3) is 0 Å². The monoisotopic (exact) mass is 347 g/mol. The lowest BCUT2D eigenvalue weighted by Gasteiger charge is -2.31. The van der Waals surface area contributed by atoms with Gasteiger partial charge in [-0.25, -0.2) is 4.39 Å². The van der Waals surface area contributed by atoms with E-state index in [0.717, 1.165) is 6.07 Å². The summed E-state index contributed by atoms with van der Waals surface area (Å²) in [5.74, 6) is -0.985. The molecule has 1 aliphatic rings. The minimum atomic E-state index is -0.709. The number of rotatable bonds is 2. The molecule has 124 valence electrons. The van der Waals surface area contributed by atoms with Gasteiger partial charge in [0, 0.05) is 5.69 Å². The maximum atomic E-state index is 13.8. The lowest BCUT2D eigenvalue weighted by molar-refractivity contribution is 0.0620. The van der Waals surface area contributed by atoms with Crippen molar-refractivity contribution in [3.8, 4) is 5.75 Å². The van der Waals surface area contributed by atoms with E-state index in [4.69, 9.17) is 16.3 Å². The molecule has 1 amide bonds. The molecule has 3 rings (SSSR count). The second-order valence-electron chi connectivity index (χ2n) is 6.22. The van der Waals surface area contributed by atoms with Crippen molar-refractivity contribution in [3.05, 3.63) is 58.4 Å². The number of nitrogens with one attached hydrogen (secondary N) is 1. The van der Waals surface area contributed by atoms with Crippen molar-refractivity contribution >= 4 is 29.0 Å². The molecule has 0 aliphatic carbocycles. The third-order valence-electron chi connectivity index (χ3n) is 3.70. The van der Waals surface area contributed by atoms with Crippen molar-refractivity contribution in [2.45, 2.75) is 25.9 Å². The predicted molar refractivity (Wildman–Crippen MR) is 89.5 cm³/mol. The first kappa shape index (κ1) is 16.5. The number of amides is 1. The normalized spacial score (nSPS) is 15.4. The van der Waals surface area contributed by atoms with E-state index in [9.17, 15) is 14.0 Å². The minimum absolute atomic E-state index is 0.0200. The van der Waals surface area contributed by atoms with E-state index in [0.29, 0.717) is 17.0 Å². The molecule has 0 bridgehead atoms. The Morgan fingerprint density at radius 1 is 1.29 bits per heavy atom. The number of benzene rings is 2. The summed E-state index contributed by atoms with van der Waals surface area (Å²) in [7, 11) is 0. The fraction of sp³-hybridized carbons (Fsp3) is 0.222. The summed E-state index contributed by atoms with van der Waals surface area (Å²) in [6.07, 6.45) is 0.247. The number of Topliss-reactive ketones (excluding diaryl/α,β-unsaturated/α-hetero) is 1. The van der Waals surface area contributed by atoms with E-state index >= 15 is 0 Å². The first-order valence-corrected chi connectivity index (χ1v) is 7.76. The number of anilines is 1. The summed E-state index contributed by atoms with van der Waals surface area (Å²) < 4.78 is 19.6. The van der Waals surface area contributed by atoms with Gasteiger partial charge in [-0.3, -0.25) is 9.59 Å². The Morgan fingerprint density at radius 2 is 2.04 bits per heavy atom. The van der Waals surface area contributed by atoms with Crippen LogP contribution in [0.1, 0.15) is 41.0 Å². The molecule has 0 spiro atoms. The van der Waals surface area contributed by atoms with E-state index in [1.54, 1.807) is 12.1 Å². The Morgan fingerprint density at radius 3 is 2.75 bits per heavy atom. The molecule has 0 aromatic heterocycles. The highest BCUT2D eigenvalue weighted by atomic mass is 35.5. The lowest BCUT2D eigenvalue weighted by atomic mass is 9.93. The van der Waals surface area contributed by atoms with Gasteiger partial charge in [0.05, 0.1) is 22.6 Å². The molecule has 1 aliphatic heterocycles. The van der Waals surface area contributed by atoms with Crippen LogP contribution in [0.3, 0.4) is 0 Å². The summed E-state index contributed by atoms with van der Waals surface area (Å²) in [6.45, 7) is 3.67. The molecule has 0 radical (unpaired) electrons. The van der Waals surface area contributed by atoms with E-state index in [2.05, 4.69) is 5.32 Å². The van der Waals surface area contributed by atoms with Crippen molar-refractivity contribution in [2.24, 2.45) is 0 Å². The van der Waals surface area contributed by atoms with E-state index in [-0.39, 0.29) is 22.8 Å². The largest absolute Gasteiger partial charge is 0.487 e. The van der Waals surface area contributed by atoms with Gasteiger partial charge in [0.25, 0.3) is 5.91 Å². The minimum Gasteiger partial charge on any atom is -0.487 e. The zero-order valence-corrected chi connectivity index (χ0v) is 13.9. The molecule has 0 fully saturated rings. The molecule has 2 aromatic rings. The Kier molecular flexibility index (Phi) is 4.05. The predicted octanol–water partition coefficient (Wildman–Crippen LogP) is 4.48. The second kappa shape index (κ2) is 5.91. The van der Waals surface area contributed by atoms with Gasteiger partial charge in [0.1, 0.15) is 17.2 Å². The van der Waals surface area contributed by atoms with E-state index in [1.165, 1.54) is 18.2 Å². The highest BCUT2D eigenvalue weighted by molar-refractivity contribution is 6.34. The number of carbonyl (C=O) groups is 2. The van der Waals surface area contributed by atoms with Crippen LogP contribution in [-0.4, -0.2) is 17.3 Å². The Labute approximate surface area is 143 Å². The van der Waals surface area contributed by atoms with Gasteiger partial charge in [-0.1, -0.05) is 17.7 Å². The van der Waals surface area contributed by atoms with Crippen molar-refractivity contribution in [2.75, 3.05) is 5.32 Å². The summed E-state index contributed by atoms with van der Waals surface area (Å²) in [5, 5.41) is 2.58. The summed E-state index contributed by atoms with van der Waals surface area (Å²) in [5.41, 5.74) is -0.0303. The van der Waals surface area contributed by atoms with Gasteiger partial charge in [-0.2, -0.15) is 0 Å². The maximum Gasteiger partial charge on any atom is 0.260 e. The van der Waals surface area contributed by atoms with Gasteiger partial charge in [0.15, 0.2) is 5.78 Å². The molecule has 24 heavy (non-hydrogen) atoms. The number of hydrogen-bond donors (Lipinski definition) is 1. The third-order valence-corrected chi connectivity index (χ3v) is 4.02. The topological polar surface area (TPSA) is 55.4 Å². The van der Waals surface area contributed by atoms with Crippen LogP contribution in [0.2, 0.25) is 5.02 Å². The molecule has 1 N–H and O–H groups in total. The zero-order chi connectivity index (χ0) is 17.5. The van der Waals surface area contributed by atoms with Crippen molar-refractivity contribution in [1.29, 1.82) is 0 Å². The van der Waals surface area contributed by atoms with Crippen molar-refractivity contribution in [3.63, 3.8) is 0 Å². The second-order valence-corrected chi connectivity index (χ2v) is 6.63. The van der Waals surface area contributed by atoms with Crippen LogP contribution in [0.5, 0.6) is 5.75 Å². The van der Waals surface area contributed by atoms with Gasteiger partial charge < -0.3 is 10.1 Å². The summed E-state index contributed by atoms with van der Waals surface area (Å²) in [6, 6.07) is 8.76. The first-order chi connectivity index (χ1) is 11.3. The lowest BCUT2D eigenvalue weighted by Crippen LogP contribution is -2.35. The Balaban J connectivity index is 1.89. The molecule has 0 saturated carbocycles. The fourth-order valence-electron chi connectivity index (χ4n) is 2.64. The number of carbonyl (C=O) groups excluding carboxylic acids is 2. The van der Waals surface area contributed by atoms with Crippen molar-refractivity contribution in [1.82, 2.24) is 0 Å². The van der Waals surface area contributed by atoms with E-state index < -0.39 is 17.3 Å². The van der Waals surface area contributed by atoms with Crippen LogP contribution in [0.4, 0.5) is 10.1 Å². The quantitative estimate of drug-likeness (QED) is 0.871. The molecule has 6 heteroatoms. The molecule has 0 saturated heterocycles. The van der Waals surface area contributed by atoms with Crippen molar-refractivity contribution < 1.29 is 18.7 Å². The Hall–Kier alpha value is -2.40. The average molecular weight is 348 g/mol. The van der Waals surface area contributed by atoms with Crippen LogP contribution in [0.15, 0.2) is 36.4 Å². The third kappa shape index (κ3) is 3.12. The molecule has 2 aromatic carbocycles. The number of halogens is 2. The maximum absolute atomic E-state index is 13.8. The van der Waals surface area contributed by atoms with Gasteiger partial charge >= 0.3 is 0 Å². The van der Waals surface area contributed by atoms with E-state index in [1.807, 2.05) is 13.8 Å². The van der Waals surface area contributed by atoms with Crippen LogP contribution in [-0.2, 0) is 0 Å². The molecule has 0 atom stereocenters. The first-order valence-electron chi connectivity index (χ1n) is 7.38. The average Bonchev–Trinajstić information content (AvgIpc) is 2.47. The summed E-state index contributed by atoms with van der Waals surface area (Å²) in [4.78, 5) is 24.5. The molecular weight excluding hydrogens is 333 g/mol. The van der Waals surface area contributed by atoms with Gasteiger partial charge in [-0.15, -0.1) is 0 Å². The highest BCUT2D eigenvalue weighted by Crippen LogP contribution is 2.34. The zero-order valence-electron chi connectivity index (χ0n) is 13.2. The molecule has 1 heterocycles. The number of fused-ring (bicyclic) bond motifs is 1. The molecular formula is C18H15ClFNO3. The smallest absolute Gasteiger partial charge is 0.260 e. The standard InChI is InChI=1S/C18H15ClFNO3/c1-18(2)9-14(22)11-8-10(6-7-15(11)24-18)21-17(23)16-12(19)4-3-5-13(16)20/h3-8H,9H2,1-2H3,(H,21,23). The fourth-order valence-corrected chi connectivity index (χ4v) is 2.89. The van der Waals surface area contributed by atoms with Crippen LogP contribution in [0, 0.1) is 5.82 Å². The molecule has 0 unspecified atom stereocenters.